The topological polar surface area (TPSA) is 22.1 Å². The van der Waals surface area contributed by atoms with Gasteiger partial charge >= 0.3 is 0 Å². The molecular weight excluding hydrogens is 150 g/mol. The summed E-state index contributed by atoms with van der Waals surface area (Å²) >= 11 is 0. The molecule has 0 bridgehead atoms. The lowest BCUT2D eigenvalue weighted by Gasteiger charge is -2.21. The Balaban J connectivity index is 2.08. The highest BCUT2D eigenvalue weighted by Gasteiger charge is 2.15. The van der Waals surface area contributed by atoms with Crippen molar-refractivity contribution in [2.24, 2.45) is 0 Å². The molecule has 1 aliphatic heterocycles. The zero-order valence-corrected chi connectivity index (χ0v) is 6.99. The molecule has 1 aromatic heterocycles. The standard InChI is InChI=1S/C10H12NO/c1-2-10(8-11-5-1)9-3-6-12-7-4-9/h1-2,5,9H,3-4,6-7H2. The van der Waals surface area contributed by atoms with Crippen LogP contribution in [0.25, 0.3) is 0 Å². The zero-order valence-electron chi connectivity index (χ0n) is 6.99. The highest BCUT2D eigenvalue weighted by molar-refractivity contribution is 5.13. The van der Waals surface area contributed by atoms with Crippen molar-refractivity contribution in [2.45, 2.75) is 18.8 Å². The molecule has 0 atom stereocenters. The average molecular weight is 162 g/mol. The summed E-state index contributed by atoms with van der Waals surface area (Å²) in [6, 6.07) is 4.07. The maximum absolute atomic E-state index is 5.29. The van der Waals surface area contributed by atoms with E-state index < -0.39 is 0 Å². The lowest BCUT2D eigenvalue weighted by molar-refractivity contribution is 0.0852. The highest BCUT2D eigenvalue weighted by Crippen LogP contribution is 2.25. The van der Waals surface area contributed by atoms with E-state index in [4.69, 9.17) is 4.74 Å². The quantitative estimate of drug-likeness (QED) is 0.628. The Morgan fingerprint density at radius 2 is 2.25 bits per heavy atom. The lowest BCUT2D eigenvalue weighted by Crippen LogP contribution is -2.14. The second-order valence-electron chi connectivity index (χ2n) is 3.09. The van der Waals surface area contributed by atoms with Crippen LogP contribution in [0.3, 0.4) is 0 Å². The summed E-state index contributed by atoms with van der Waals surface area (Å²) in [6.45, 7) is 1.76. The first-order valence-corrected chi connectivity index (χ1v) is 4.37. The van der Waals surface area contributed by atoms with E-state index in [0.717, 1.165) is 26.1 Å². The molecule has 1 fully saturated rings. The molecule has 1 saturated heterocycles. The van der Waals surface area contributed by atoms with Gasteiger partial charge in [0, 0.05) is 19.4 Å². The first-order valence-electron chi connectivity index (χ1n) is 4.37. The van der Waals surface area contributed by atoms with E-state index in [1.165, 1.54) is 5.56 Å². The predicted molar refractivity (Wildman–Crippen MR) is 45.9 cm³/mol. The minimum atomic E-state index is 0.618. The van der Waals surface area contributed by atoms with Crippen molar-refractivity contribution < 1.29 is 4.74 Å². The van der Waals surface area contributed by atoms with Crippen LogP contribution >= 0.6 is 0 Å². The average Bonchev–Trinajstić information content (AvgIpc) is 2.21. The Labute approximate surface area is 72.6 Å². The van der Waals surface area contributed by atoms with Crippen LogP contribution in [0.5, 0.6) is 0 Å². The van der Waals surface area contributed by atoms with Gasteiger partial charge in [0.2, 0.25) is 0 Å². The number of nitrogens with zero attached hydrogens (tertiary/aromatic N) is 1. The van der Waals surface area contributed by atoms with Gasteiger partial charge in [-0.05, 0) is 30.4 Å². The zero-order chi connectivity index (χ0) is 8.23. The Hall–Kier alpha value is -0.890. The van der Waals surface area contributed by atoms with Gasteiger partial charge in [-0.2, -0.15) is 0 Å². The van der Waals surface area contributed by atoms with Crippen LogP contribution in [0.15, 0.2) is 18.3 Å². The van der Waals surface area contributed by atoms with Gasteiger partial charge in [-0.1, -0.05) is 6.07 Å². The van der Waals surface area contributed by atoms with Crippen LogP contribution in [0.2, 0.25) is 0 Å². The molecular formula is C10H12NO. The fourth-order valence-electron chi connectivity index (χ4n) is 1.57. The smallest absolute Gasteiger partial charge is 0.0923 e. The van der Waals surface area contributed by atoms with Gasteiger partial charge in [-0.25, -0.2) is 0 Å². The molecule has 2 heterocycles. The summed E-state index contributed by atoms with van der Waals surface area (Å²) in [7, 11) is 0. The molecule has 2 rings (SSSR count). The van der Waals surface area contributed by atoms with Crippen molar-refractivity contribution in [3.8, 4) is 0 Å². The molecule has 2 nitrogen and oxygen atoms in total. The minimum Gasteiger partial charge on any atom is -0.381 e. The first kappa shape index (κ1) is 7.74. The lowest BCUT2D eigenvalue weighted by atomic mass is 9.93. The molecule has 0 spiro atoms. The molecule has 0 saturated carbocycles. The van der Waals surface area contributed by atoms with Gasteiger partial charge in [0.25, 0.3) is 0 Å². The number of hydrogen-bond acceptors (Lipinski definition) is 2. The van der Waals surface area contributed by atoms with Gasteiger partial charge in [-0.3, -0.25) is 4.98 Å². The molecule has 1 aliphatic rings. The third kappa shape index (κ3) is 1.64. The van der Waals surface area contributed by atoms with Crippen molar-refractivity contribution >= 4 is 0 Å². The molecule has 0 unspecified atom stereocenters. The number of pyridine rings is 1. The van der Waals surface area contributed by atoms with Gasteiger partial charge in [0.1, 0.15) is 0 Å². The molecule has 0 aromatic carbocycles. The maximum atomic E-state index is 5.29. The first-order chi connectivity index (χ1) is 5.97. The molecule has 2 heteroatoms. The number of hydrogen-bond donors (Lipinski definition) is 0. The van der Waals surface area contributed by atoms with Gasteiger partial charge in [0.05, 0.1) is 6.20 Å². The van der Waals surface area contributed by atoms with Crippen LogP contribution in [0.4, 0.5) is 0 Å². The van der Waals surface area contributed by atoms with Gasteiger partial charge in [0.15, 0.2) is 0 Å². The maximum Gasteiger partial charge on any atom is 0.0923 e. The van der Waals surface area contributed by atoms with Crippen LogP contribution in [-0.4, -0.2) is 18.2 Å². The summed E-state index contributed by atoms with van der Waals surface area (Å²) < 4.78 is 5.29. The van der Waals surface area contributed by atoms with E-state index in [1.807, 2.05) is 6.07 Å². The molecule has 12 heavy (non-hydrogen) atoms. The summed E-state index contributed by atoms with van der Waals surface area (Å²) in [5, 5.41) is 0. The summed E-state index contributed by atoms with van der Waals surface area (Å²) in [5.74, 6) is 0.618. The van der Waals surface area contributed by atoms with Crippen LogP contribution in [0.1, 0.15) is 24.3 Å². The molecule has 1 aromatic rings. The minimum absolute atomic E-state index is 0.618. The second-order valence-corrected chi connectivity index (χ2v) is 3.09. The van der Waals surface area contributed by atoms with Crippen molar-refractivity contribution in [1.29, 1.82) is 0 Å². The number of rotatable bonds is 1. The summed E-state index contributed by atoms with van der Waals surface area (Å²) in [5.41, 5.74) is 1.24. The van der Waals surface area contributed by atoms with E-state index in [9.17, 15) is 0 Å². The van der Waals surface area contributed by atoms with E-state index in [1.54, 1.807) is 6.20 Å². The normalized spacial score (nSPS) is 19.3. The van der Waals surface area contributed by atoms with Crippen molar-refractivity contribution in [3.05, 3.63) is 30.1 Å². The highest BCUT2D eigenvalue weighted by atomic mass is 16.5. The summed E-state index contributed by atoms with van der Waals surface area (Å²) in [4.78, 5) is 3.99. The number of aromatic nitrogens is 1. The largest absolute Gasteiger partial charge is 0.381 e. The monoisotopic (exact) mass is 162 g/mol. The third-order valence-electron chi connectivity index (χ3n) is 2.29. The molecule has 63 valence electrons. The Morgan fingerprint density at radius 3 is 2.92 bits per heavy atom. The fraction of sp³-hybridized carbons (Fsp3) is 0.500. The fourth-order valence-corrected chi connectivity index (χ4v) is 1.57. The predicted octanol–water partition coefficient (Wildman–Crippen LogP) is 1.78. The van der Waals surface area contributed by atoms with Crippen LogP contribution < -0.4 is 0 Å². The van der Waals surface area contributed by atoms with Crippen molar-refractivity contribution in [3.63, 3.8) is 0 Å². The van der Waals surface area contributed by atoms with E-state index >= 15 is 0 Å². The third-order valence-corrected chi connectivity index (χ3v) is 2.29. The second kappa shape index (κ2) is 3.68. The Kier molecular flexibility index (Phi) is 2.37. The Bertz CT molecular complexity index is 229. The van der Waals surface area contributed by atoms with Crippen molar-refractivity contribution in [2.75, 3.05) is 13.2 Å². The van der Waals surface area contributed by atoms with E-state index in [-0.39, 0.29) is 0 Å². The van der Waals surface area contributed by atoms with Crippen LogP contribution in [0, 0.1) is 6.20 Å². The van der Waals surface area contributed by atoms with Gasteiger partial charge < -0.3 is 4.74 Å². The molecule has 0 N–H and O–H groups in total. The molecule has 0 amide bonds. The molecule has 1 radical (unpaired) electrons. The van der Waals surface area contributed by atoms with E-state index in [0.29, 0.717) is 5.92 Å². The summed E-state index contributed by atoms with van der Waals surface area (Å²) in [6.07, 6.45) is 7.03. The SMILES string of the molecule is [c]1ncccc1C1CCOCC1. The Morgan fingerprint density at radius 1 is 1.42 bits per heavy atom. The van der Waals surface area contributed by atoms with Crippen LogP contribution in [-0.2, 0) is 4.74 Å². The van der Waals surface area contributed by atoms with Crippen molar-refractivity contribution in [1.82, 2.24) is 4.98 Å². The number of ether oxygens (including phenoxy) is 1. The van der Waals surface area contributed by atoms with E-state index in [2.05, 4.69) is 17.2 Å². The van der Waals surface area contributed by atoms with Gasteiger partial charge in [-0.15, -0.1) is 0 Å². The molecule has 0 aliphatic carbocycles.